The molecule has 1 spiro atoms. The van der Waals surface area contributed by atoms with Gasteiger partial charge < -0.3 is 29.7 Å². The maximum atomic E-state index is 14.7. The van der Waals surface area contributed by atoms with Crippen molar-refractivity contribution in [3.8, 4) is 11.5 Å². The summed E-state index contributed by atoms with van der Waals surface area (Å²) in [6.45, 7) is 6.36. The lowest BCUT2D eigenvalue weighted by atomic mass is 9.81. The maximum absolute atomic E-state index is 14.7. The molecule has 5 heterocycles. The summed E-state index contributed by atoms with van der Waals surface area (Å²) in [5, 5.41) is 5.62. The molecule has 1 aromatic carbocycles. The van der Waals surface area contributed by atoms with Crippen molar-refractivity contribution >= 4 is 44.7 Å². The number of amides is 4. The van der Waals surface area contributed by atoms with Gasteiger partial charge in [-0.15, -0.1) is 0 Å². The fourth-order valence-corrected chi connectivity index (χ4v) is 10.6. The van der Waals surface area contributed by atoms with E-state index < -0.39 is 97.9 Å². The minimum absolute atomic E-state index is 0.0223. The van der Waals surface area contributed by atoms with Gasteiger partial charge in [0.15, 0.2) is 11.4 Å². The number of hydrogen-bond donors (Lipinski definition) is 2. The van der Waals surface area contributed by atoms with E-state index in [1.54, 1.807) is 39.8 Å². The highest BCUT2D eigenvalue weighted by molar-refractivity contribution is 7.91. The molecular weight excluding hydrogens is 803 g/mol. The number of alkyl carbamates (subject to hydrolysis) is 1. The Bertz CT molecular complexity index is 2210. The van der Waals surface area contributed by atoms with Gasteiger partial charge in [-0.05, 0) is 97.8 Å². The summed E-state index contributed by atoms with van der Waals surface area (Å²) in [6.07, 6.45) is 0.168. The molecule has 1 saturated carbocycles. The van der Waals surface area contributed by atoms with Gasteiger partial charge >= 0.3 is 12.3 Å². The number of allylic oxidation sites excluding steroid dienone is 1. The molecule has 0 radical (unpaired) electrons. The summed E-state index contributed by atoms with van der Waals surface area (Å²) in [4.78, 5) is 61.4. The zero-order chi connectivity index (χ0) is 42.9. The number of β-lactam (4-membered cyclic amide) rings is 1. The van der Waals surface area contributed by atoms with Gasteiger partial charge in [-0.25, -0.2) is 26.9 Å². The topological polar surface area (TPSA) is 174 Å². The molecule has 322 valence electrons. The van der Waals surface area contributed by atoms with E-state index in [1.807, 2.05) is 0 Å². The number of alkyl halides is 4. The first-order chi connectivity index (χ1) is 27.5. The van der Waals surface area contributed by atoms with Crippen LogP contribution in [0.4, 0.5) is 22.4 Å². The Hall–Kier alpha value is -4.68. The number of carbonyl (C=O) groups excluding carboxylic acids is 4. The minimum atomic E-state index is -4.99. The average Bonchev–Trinajstić information content (AvgIpc) is 3.81. The minimum Gasteiger partial charge on any atom is -0.483 e. The van der Waals surface area contributed by atoms with Crippen LogP contribution in [-0.2, 0) is 41.7 Å². The van der Waals surface area contributed by atoms with Crippen LogP contribution < -0.4 is 20.1 Å². The monoisotopic (exact) mass is 851 g/mol. The number of sulfonamides is 1. The highest BCUT2D eigenvalue weighted by Gasteiger charge is 2.67. The van der Waals surface area contributed by atoms with Gasteiger partial charge in [0.05, 0.1) is 22.9 Å². The average molecular weight is 852 g/mol. The van der Waals surface area contributed by atoms with Crippen molar-refractivity contribution in [2.75, 3.05) is 13.4 Å². The second kappa shape index (κ2) is 14.8. The van der Waals surface area contributed by atoms with E-state index in [1.165, 1.54) is 25.1 Å². The molecule has 1 unspecified atom stereocenters. The molecule has 4 amide bonds. The Balaban J connectivity index is 1.28. The third-order valence-electron chi connectivity index (χ3n) is 12.0. The van der Waals surface area contributed by atoms with Crippen molar-refractivity contribution in [3.05, 3.63) is 41.6 Å². The van der Waals surface area contributed by atoms with Gasteiger partial charge in [-0.3, -0.25) is 14.4 Å². The van der Waals surface area contributed by atoms with Crippen LogP contribution in [0.1, 0.15) is 104 Å². The number of halogens is 4. The predicted molar refractivity (Wildman–Crippen MR) is 204 cm³/mol. The quantitative estimate of drug-likeness (QED) is 0.219. The van der Waals surface area contributed by atoms with E-state index in [9.17, 15) is 45.2 Å². The Morgan fingerprint density at radius 1 is 1.08 bits per heavy atom. The third-order valence-corrected chi connectivity index (χ3v) is 14.6. The van der Waals surface area contributed by atoms with Crippen LogP contribution in [0.5, 0.6) is 11.5 Å². The number of nitrogens with zero attached hydrogens (tertiary/aromatic N) is 3. The van der Waals surface area contributed by atoms with Crippen LogP contribution in [-0.4, -0.2) is 99.4 Å². The number of nitrogens with one attached hydrogen (secondary N) is 2. The molecule has 1 aromatic heterocycles. The van der Waals surface area contributed by atoms with Crippen LogP contribution in [0.3, 0.4) is 0 Å². The lowest BCUT2D eigenvalue weighted by Gasteiger charge is -2.53. The molecule has 2 aromatic rings. The molecule has 19 heteroatoms. The van der Waals surface area contributed by atoms with Crippen molar-refractivity contribution in [1.29, 1.82) is 0 Å². The SMILES string of the molecule is CC(C)(C)OC(=O)N[C@H]1CCCCC/C=C\C2N(S(=O)(=O)C3(C)CC3)C(=O)[C@]2(C)NC(=O)[C@@H]2C[C@]3(CCc4c(c(C(F)(F)F)nc5ccc(OCF)cc45)O3)CN2C1=O. The second-order valence-corrected chi connectivity index (χ2v) is 20.0. The molecule has 0 bridgehead atoms. The van der Waals surface area contributed by atoms with Gasteiger partial charge in [0.25, 0.3) is 5.91 Å². The standard InChI is InChI=1S/C40H49F4N5O9S/c1-36(2,3)58-35(53)46-27-11-9-7-6-8-10-12-29-38(5,34(52)49(29)59(54,55)37(4)17-18-37)47-32(50)28-20-39(21-48(28)33(27)51)16-15-24-25-19-23(56-22-41)13-14-26(25)45-31(30(24)57-39)40(42,43)44/h10,12-14,19,27-29H,6-9,11,15-18,20-22H2,1-5H3,(H,46,53)(H,47,50)/b12-10-/t27-,28-,29?,38+,39+/m0/s1. The summed E-state index contributed by atoms with van der Waals surface area (Å²) in [5.74, 6) is -2.98. The summed E-state index contributed by atoms with van der Waals surface area (Å²) in [6, 6.07) is 0.214. The van der Waals surface area contributed by atoms with E-state index in [2.05, 4.69) is 15.6 Å². The molecule has 59 heavy (non-hydrogen) atoms. The number of aryl methyl sites for hydroxylation is 1. The molecule has 5 atom stereocenters. The molecule has 2 saturated heterocycles. The van der Waals surface area contributed by atoms with Gasteiger partial charge in [-0.2, -0.15) is 13.2 Å². The summed E-state index contributed by atoms with van der Waals surface area (Å²) < 4.78 is 101. The van der Waals surface area contributed by atoms with Crippen molar-refractivity contribution in [3.63, 3.8) is 0 Å². The number of aromatic nitrogens is 1. The van der Waals surface area contributed by atoms with E-state index in [0.29, 0.717) is 38.5 Å². The maximum Gasteiger partial charge on any atom is 0.437 e. The molecular formula is C40H49F4N5O9S. The first-order valence-electron chi connectivity index (χ1n) is 19.8. The predicted octanol–water partition coefficient (Wildman–Crippen LogP) is 5.61. The summed E-state index contributed by atoms with van der Waals surface area (Å²) in [5.41, 5.74) is -5.49. The Kier molecular flexibility index (Phi) is 10.6. The number of rotatable bonds is 5. The normalized spacial score (nSPS) is 29.2. The third kappa shape index (κ3) is 7.78. The number of benzene rings is 1. The van der Waals surface area contributed by atoms with Crippen LogP contribution in [0, 0.1) is 0 Å². The van der Waals surface area contributed by atoms with Crippen LogP contribution in [0.2, 0.25) is 0 Å². The lowest BCUT2D eigenvalue weighted by Crippen LogP contribution is -2.80. The van der Waals surface area contributed by atoms with Crippen LogP contribution >= 0.6 is 0 Å². The van der Waals surface area contributed by atoms with Crippen molar-refractivity contribution < 1.29 is 59.4 Å². The van der Waals surface area contributed by atoms with E-state index in [-0.39, 0.29) is 54.4 Å². The number of ether oxygens (including phenoxy) is 3. The largest absolute Gasteiger partial charge is 0.483 e. The molecule has 5 aliphatic rings. The molecule has 3 fully saturated rings. The van der Waals surface area contributed by atoms with Crippen molar-refractivity contribution in [1.82, 2.24) is 24.8 Å². The summed E-state index contributed by atoms with van der Waals surface area (Å²) >= 11 is 0. The smallest absolute Gasteiger partial charge is 0.437 e. The Labute approximate surface area is 339 Å². The molecule has 4 aliphatic heterocycles. The lowest BCUT2D eigenvalue weighted by molar-refractivity contribution is -0.153. The highest BCUT2D eigenvalue weighted by Crippen LogP contribution is 2.51. The van der Waals surface area contributed by atoms with Crippen LogP contribution in [0.25, 0.3) is 10.9 Å². The van der Waals surface area contributed by atoms with E-state index in [4.69, 9.17) is 14.2 Å². The van der Waals surface area contributed by atoms with Gasteiger partial charge in [0.2, 0.25) is 28.7 Å². The highest BCUT2D eigenvalue weighted by atomic mass is 32.2. The first kappa shape index (κ1) is 42.4. The first-order valence-corrected chi connectivity index (χ1v) is 21.3. The Morgan fingerprint density at radius 2 is 1.81 bits per heavy atom. The number of pyridine rings is 1. The number of carbonyl (C=O) groups is 4. The van der Waals surface area contributed by atoms with Crippen molar-refractivity contribution in [2.24, 2.45) is 0 Å². The van der Waals surface area contributed by atoms with E-state index in [0.717, 1.165) is 9.21 Å². The van der Waals surface area contributed by atoms with Crippen molar-refractivity contribution in [2.45, 2.75) is 145 Å². The number of fused-ring (bicyclic) bond motifs is 5. The number of hydrogen-bond acceptors (Lipinski definition) is 10. The van der Waals surface area contributed by atoms with Crippen LogP contribution in [0.15, 0.2) is 30.4 Å². The Morgan fingerprint density at radius 3 is 2.47 bits per heavy atom. The van der Waals surface area contributed by atoms with Gasteiger partial charge in [0, 0.05) is 17.4 Å². The molecule has 2 N–H and O–H groups in total. The zero-order valence-electron chi connectivity index (χ0n) is 33.5. The summed E-state index contributed by atoms with van der Waals surface area (Å²) in [7, 11) is -4.11. The van der Waals surface area contributed by atoms with Gasteiger partial charge in [0.1, 0.15) is 34.6 Å². The fraction of sp³-hybridized carbons (Fsp3) is 0.625. The zero-order valence-corrected chi connectivity index (χ0v) is 34.4. The molecule has 1 aliphatic carbocycles. The second-order valence-electron chi connectivity index (χ2n) is 17.6. The molecule has 7 rings (SSSR count). The van der Waals surface area contributed by atoms with E-state index >= 15 is 0 Å². The molecule has 14 nitrogen and oxygen atoms in total. The van der Waals surface area contributed by atoms with Gasteiger partial charge in [-0.1, -0.05) is 25.0 Å². The fourth-order valence-electron chi connectivity index (χ4n) is 8.52.